The first-order chi connectivity index (χ1) is 12.3. The van der Waals surface area contributed by atoms with E-state index in [9.17, 15) is 23.3 Å². The number of halogens is 3. The van der Waals surface area contributed by atoms with E-state index in [1.165, 1.54) is 0 Å². The third-order valence-corrected chi connectivity index (χ3v) is 5.01. The minimum atomic E-state index is -4.64. The highest BCUT2D eigenvalue weighted by molar-refractivity contribution is 5.58. The summed E-state index contributed by atoms with van der Waals surface area (Å²) in [5.74, 6) is 0.547. The van der Waals surface area contributed by atoms with Gasteiger partial charge in [0.15, 0.2) is 0 Å². The summed E-state index contributed by atoms with van der Waals surface area (Å²) in [5, 5.41) is 13.7. The van der Waals surface area contributed by atoms with Gasteiger partial charge in [-0.15, -0.1) is 0 Å². The molecule has 2 aliphatic rings. The molecule has 0 saturated carbocycles. The largest absolute Gasteiger partial charge is 0.418 e. The Kier molecular flexibility index (Phi) is 5.67. The van der Waals surface area contributed by atoms with Gasteiger partial charge in [-0.3, -0.25) is 10.1 Å². The van der Waals surface area contributed by atoms with Crippen LogP contribution in [0.3, 0.4) is 0 Å². The Morgan fingerprint density at radius 1 is 1.27 bits per heavy atom. The number of non-ortho nitro benzene ring substituents is 1. The van der Waals surface area contributed by atoms with Gasteiger partial charge < -0.3 is 15.0 Å². The van der Waals surface area contributed by atoms with Crippen molar-refractivity contribution in [3.63, 3.8) is 0 Å². The van der Waals surface area contributed by atoms with E-state index >= 15 is 0 Å². The maximum absolute atomic E-state index is 13.3. The molecule has 0 aromatic heterocycles. The topological polar surface area (TPSA) is 67.6 Å². The van der Waals surface area contributed by atoms with Crippen molar-refractivity contribution in [2.75, 3.05) is 38.2 Å². The summed E-state index contributed by atoms with van der Waals surface area (Å²) in [6.07, 6.45) is -2.10. The van der Waals surface area contributed by atoms with Crippen LogP contribution in [0.5, 0.6) is 0 Å². The number of hydrogen-bond donors (Lipinski definition) is 1. The lowest BCUT2D eigenvalue weighted by Crippen LogP contribution is -2.41. The molecule has 0 bridgehead atoms. The van der Waals surface area contributed by atoms with Crippen LogP contribution >= 0.6 is 0 Å². The van der Waals surface area contributed by atoms with Crippen LogP contribution in [-0.2, 0) is 10.9 Å². The zero-order chi connectivity index (χ0) is 18.7. The Hall–Kier alpha value is -1.87. The van der Waals surface area contributed by atoms with Gasteiger partial charge in [-0.25, -0.2) is 0 Å². The Balaban J connectivity index is 1.61. The van der Waals surface area contributed by atoms with Crippen LogP contribution in [0.1, 0.15) is 24.8 Å². The number of alkyl halides is 3. The lowest BCUT2D eigenvalue weighted by Gasteiger charge is -2.34. The number of ether oxygens (including phenoxy) is 1. The molecule has 2 saturated heterocycles. The highest BCUT2D eigenvalue weighted by atomic mass is 19.4. The summed E-state index contributed by atoms with van der Waals surface area (Å²) in [6.45, 7) is 4.21. The zero-order valence-electron chi connectivity index (χ0n) is 14.3. The fourth-order valence-electron chi connectivity index (χ4n) is 3.58. The van der Waals surface area contributed by atoms with E-state index in [0.29, 0.717) is 12.0 Å². The molecule has 9 heteroatoms. The number of nitrogens with zero attached hydrogens (tertiary/aromatic N) is 2. The van der Waals surface area contributed by atoms with Crippen molar-refractivity contribution in [1.82, 2.24) is 4.90 Å². The van der Waals surface area contributed by atoms with Gasteiger partial charge in [0, 0.05) is 50.1 Å². The summed E-state index contributed by atoms with van der Waals surface area (Å²) in [6, 6.07) is 2.78. The predicted octanol–water partition coefficient (Wildman–Crippen LogP) is 3.53. The second kappa shape index (κ2) is 7.79. The maximum Gasteiger partial charge on any atom is 0.418 e. The van der Waals surface area contributed by atoms with Crippen molar-refractivity contribution in [3.8, 4) is 0 Å². The maximum atomic E-state index is 13.3. The number of hydrogen-bond acceptors (Lipinski definition) is 5. The van der Waals surface area contributed by atoms with Crippen molar-refractivity contribution < 1.29 is 22.8 Å². The quantitative estimate of drug-likeness (QED) is 0.632. The first-order valence-electron chi connectivity index (χ1n) is 8.75. The van der Waals surface area contributed by atoms with Gasteiger partial charge in [0.2, 0.25) is 0 Å². The number of nitro groups is 1. The average Bonchev–Trinajstić information content (AvgIpc) is 3.09. The molecular weight excluding hydrogens is 351 g/mol. The number of likely N-dealkylation sites (tertiary alicyclic amines) is 1. The molecule has 26 heavy (non-hydrogen) atoms. The lowest BCUT2D eigenvalue weighted by molar-refractivity contribution is -0.385. The molecule has 0 spiro atoms. The third-order valence-electron chi connectivity index (χ3n) is 5.01. The number of anilines is 1. The molecule has 1 N–H and O–H groups in total. The standard InChI is InChI=1S/C17H22F3N3O3/c18-17(19,20)15-9-14(23(24)25)1-2-16(15)21-13-3-6-22(7-4-13)10-12-5-8-26-11-12/h1-2,9,12-13,21H,3-8,10-11H2. The molecule has 1 aromatic rings. The van der Waals surface area contributed by atoms with E-state index < -0.39 is 22.4 Å². The first kappa shape index (κ1) is 18.9. The van der Waals surface area contributed by atoms with Gasteiger partial charge >= 0.3 is 6.18 Å². The molecule has 6 nitrogen and oxygen atoms in total. The van der Waals surface area contributed by atoms with E-state index in [-0.39, 0.29) is 11.7 Å². The Labute approximate surface area is 149 Å². The summed E-state index contributed by atoms with van der Waals surface area (Å²) < 4.78 is 45.1. The normalized spacial score (nSPS) is 22.5. The van der Waals surface area contributed by atoms with E-state index in [0.717, 1.165) is 64.2 Å². The van der Waals surface area contributed by atoms with Crippen molar-refractivity contribution in [2.24, 2.45) is 5.92 Å². The smallest absolute Gasteiger partial charge is 0.382 e. The van der Waals surface area contributed by atoms with Crippen LogP contribution in [0.4, 0.5) is 24.5 Å². The van der Waals surface area contributed by atoms with Crippen LogP contribution in [0.15, 0.2) is 18.2 Å². The predicted molar refractivity (Wildman–Crippen MR) is 90.1 cm³/mol. The number of nitrogens with one attached hydrogen (secondary N) is 1. The van der Waals surface area contributed by atoms with Crippen LogP contribution in [0, 0.1) is 16.0 Å². The second-order valence-corrected chi connectivity index (χ2v) is 6.93. The fourth-order valence-corrected chi connectivity index (χ4v) is 3.58. The molecule has 2 fully saturated rings. The van der Waals surface area contributed by atoms with Crippen LogP contribution in [0.25, 0.3) is 0 Å². The molecule has 0 aliphatic carbocycles. The van der Waals surface area contributed by atoms with Crippen molar-refractivity contribution in [1.29, 1.82) is 0 Å². The second-order valence-electron chi connectivity index (χ2n) is 6.93. The Bertz CT molecular complexity index is 640. The molecular formula is C17H22F3N3O3. The highest BCUT2D eigenvalue weighted by Gasteiger charge is 2.36. The molecule has 144 valence electrons. The van der Waals surface area contributed by atoms with Crippen molar-refractivity contribution in [3.05, 3.63) is 33.9 Å². The van der Waals surface area contributed by atoms with Crippen LogP contribution < -0.4 is 5.32 Å². The summed E-state index contributed by atoms with van der Waals surface area (Å²) in [7, 11) is 0. The van der Waals surface area contributed by atoms with Crippen LogP contribution in [-0.4, -0.2) is 48.7 Å². The van der Waals surface area contributed by atoms with Gasteiger partial charge in [0.1, 0.15) is 0 Å². The number of benzene rings is 1. The SMILES string of the molecule is O=[N+]([O-])c1ccc(NC2CCN(CC3CCOC3)CC2)c(C(F)(F)F)c1. The van der Waals surface area contributed by atoms with Gasteiger partial charge in [-0.05, 0) is 31.2 Å². The van der Waals surface area contributed by atoms with Gasteiger partial charge in [0.05, 0.1) is 17.1 Å². The molecule has 3 rings (SSSR count). The minimum Gasteiger partial charge on any atom is -0.382 e. The van der Waals surface area contributed by atoms with Crippen LogP contribution in [0.2, 0.25) is 0 Å². The molecule has 1 aromatic carbocycles. The Morgan fingerprint density at radius 2 is 2.00 bits per heavy atom. The van der Waals surface area contributed by atoms with E-state index in [4.69, 9.17) is 4.74 Å². The highest BCUT2D eigenvalue weighted by Crippen LogP contribution is 2.37. The number of piperidine rings is 1. The Morgan fingerprint density at radius 3 is 2.58 bits per heavy atom. The van der Waals surface area contributed by atoms with Crippen molar-refractivity contribution >= 4 is 11.4 Å². The number of nitro benzene ring substituents is 1. The van der Waals surface area contributed by atoms with Gasteiger partial charge in [0.25, 0.3) is 5.69 Å². The molecule has 1 atom stereocenters. The van der Waals surface area contributed by atoms with E-state index in [1.807, 2.05) is 0 Å². The van der Waals surface area contributed by atoms with E-state index in [1.54, 1.807) is 0 Å². The molecule has 0 amide bonds. The fraction of sp³-hybridized carbons (Fsp3) is 0.647. The molecule has 2 heterocycles. The third kappa shape index (κ3) is 4.64. The van der Waals surface area contributed by atoms with Crippen molar-refractivity contribution in [2.45, 2.75) is 31.5 Å². The summed E-state index contributed by atoms with van der Waals surface area (Å²) in [5.41, 5.74) is -1.64. The first-order valence-corrected chi connectivity index (χ1v) is 8.75. The van der Waals surface area contributed by atoms with Gasteiger partial charge in [-0.2, -0.15) is 13.2 Å². The molecule has 0 radical (unpaired) electrons. The zero-order valence-corrected chi connectivity index (χ0v) is 14.3. The lowest BCUT2D eigenvalue weighted by atomic mass is 10.0. The number of rotatable bonds is 5. The summed E-state index contributed by atoms with van der Waals surface area (Å²) in [4.78, 5) is 12.3. The average molecular weight is 373 g/mol. The molecule has 1 unspecified atom stereocenters. The summed E-state index contributed by atoms with van der Waals surface area (Å²) >= 11 is 0. The van der Waals surface area contributed by atoms with Gasteiger partial charge in [-0.1, -0.05) is 0 Å². The molecule has 2 aliphatic heterocycles. The van der Waals surface area contributed by atoms with E-state index in [2.05, 4.69) is 10.2 Å². The minimum absolute atomic E-state index is 0.0753. The monoisotopic (exact) mass is 373 g/mol.